The number of rotatable bonds is 6. The van der Waals surface area contributed by atoms with Crippen molar-refractivity contribution in [3.63, 3.8) is 0 Å². The molecule has 0 aromatic carbocycles. The van der Waals surface area contributed by atoms with Crippen LogP contribution in [-0.4, -0.2) is 32.2 Å². The van der Waals surface area contributed by atoms with Crippen LogP contribution in [-0.2, 0) is 4.79 Å². The molecule has 1 aliphatic carbocycles. The molecule has 2 heterocycles. The molecule has 0 saturated heterocycles. The Labute approximate surface area is 155 Å². The predicted molar refractivity (Wildman–Crippen MR) is 101 cm³/mol. The van der Waals surface area contributed by atoms with Gasteiger partial charge in [0.05, 0.1) is 5.75 Å². The van der Waals surface area contributed by atoms with Gasteiger partial charge in [0.25, 0.3) is 0 Å². The molecule has 0 aliphatic heterocycles. The molecule has 0 radical (unpaired) electrons. The smallest absolute Gasteiger partial charge is 0.223 e. The van der Waals surface area contributed by atoms with E-state index >= 15 is 0 Å². The summed E-state index contributed by atoms with van der Waals surface area (Å²) >= 11 is 2.64. The normalized spacial score (nSPS) is 14.8. The number of aryl methyl sites for hydroxylation is 1. The first-order chi connectivity index (χ1) is 12.0. The lowest BCUT2D eigenvalue weighted by Crippen LogP contribution is -2.10. The minimum absolute atomic E-state index is 0.110. The third kappa shape index (κ3) is 4.12. The minimum atomic E-state index is -0.178. The lowest BCUT2D eigenvalue weighted by Gasteiger charge is -2.17. The van der Waals surface area contributed by atoms with Crippen LogP contribution in [0.3, 0.4) is 0 Å². The van der Waals surface area contributed by atoms with Gasteiger partial charge in [-0.2, -0.15) is 0 Å². The van der Waals surface area contributed by atoms with Crippen LogP contribution >= 0.6 is 23.1 Å². The maximum atomic E-state index is 12.7. The Morgan fingerprint density at radius 2 is 2.04 bits per heavy atom. The highest BCUT2D eigenvalue weighted by atomic mass is 32.2. The summed E-state index contributed by atoms with van der Waals surface area (Å²) in [4.78, 5) is 23.7. The van der Waals surface area contributed by atoms with Gasteiger partial charge in [0, 0.05) is 29.9 Å². The Hall–Kier alpha value is -1.67. The first kappa shape index (κ1) is 18.1. The fourth-order valence-electron chi connectivity index (χ4n) is 3.46. The van der Waals surface area contributed by atoms with E-state index in [1.807, 2.05) is 13.0 Å². The number of hydrogen-bond acceptors (Lipinski definition) is 6. The zero-order valence-electron chi connectivity index (χ0n) is 14.7. The van der Waals surface area contributed by atoms with Gasteiger partial charge in [-0.15, -0.1) is 10.2 Å². The maximum Gasteiger partial charge on any atom is 0.223 e. The first-order valence-corrected chi connectivity index (χ1v) is 10.2. The van der Waals surface area contributed by atoms with Crippen LogP contribution in [0.2, 0.25) is 0 Å². The van der Waals surface area contributed by atoms with Gasteiger partial charge in [-0.05, 0) is 32.8 Å². The van der Waals surface area contributed by atoms with Crippen LogP contribution in [0.15, 0.2) is 10.4 Å². The van der Waals surface area contributed by atoms with E-state index < -0.39 is 0 Å². The van der Waals surface area contributed by atoms with Crippen molar-refractivity contribution < 1.29 is 9.59 Å². The molecule has 0 bridgehead atoms. The van der Waals surface area contributed by atoms with Crippen LogP contribution in [0, 0.1) is 13.8 Å². The number of anilines is 1. The topological polar surface area (TPSA) is 76.9 Å². The van der Waals surface area contributed by atoms with Crippen molar-refractivity contribution in [2.75, 3.05) is 11.1 Å². The number of ketones is 1. The largest absolute Gasteiger partial charge is 0.345 e. The molecule has 8 heteroatoms. The third-order valence-electron chi connectivity index (χ3n) is 4.49. The van der Waals surface area contributed by atoms with Gasteiger partial charge < -0.3 is 9.88 Å². The van der Waals surface area contributed by atoms with Gasteiger partial charge in [0.1, 0.15) is 0 Å². The van der Waals surface area contributed by atoms with E-state index in [1.165, 1.54) is 61.4 Å². The van der Waals surface area contributed by atoms with E-state index in [1.54, 1.807) is 0 Å². The van der Waals surface area contributed by atoms with Gasteiger partial charge in [-0.3, -0.25) is 9.59 Å². The van der Waals surface area contributed by atoms with Gasteiger partial charge in [0.2, 0.25) is 11.0 Å². The van der Waals surface area contributed by atoms with E-state index in [9.17, 15) is 9.59 Å². The molecule has 0 atom stereocenters. The summed E-state index contributed by atoms with van der Waals surface area (Å²) in [7, 11) is 0. The van der Waals surface area contributed by atoms with Crippen molar-refractivity contribution >= 4 is 39.9 Å². The van der Waals surface area contributed by atoms with E-state index in [0.29, 0.717) is 21.3 Å². The fourth-order valence-corrected chi connectivity index (χ4v) is 5.14. The number of hydrogen-bond donors (Lipinski definition) is 1. The number of nitrogens with zero attached hydrogens (tertiary/aromatic N) is 3. The molecule has 3 rings (SSSR count). The second-order valence-electron chi connectivity index (χ2n) is 6.36. The quantitative estimate of drug-likeness (QED) is 0.467. The standard InChI is InChI=1S/C17H22N4O2S2/c1-10-8-14(11(2)21(10)13-6-4-5-7-13)15(23)9-24-17-20-19-16(25-17)18-12(3)22/h8,13H,4-7,9H2,1-3H3,(H,18,19,22). The van der Waals surface area contributed by atoms with Crippen molar-refractivity contribution in [2.24, 2.45) is 0 Å². The van der Waals surface area contributed by atoms with Crippen LogP contribution in [0.1, 0.15) is 60.4 Å². The highest BCUT2D eigenvalue weighted by Gasteiger charge is 2.23. The molecule has 1 aliphatic rings. The van der Waals surface area contributed by atoms with E-state index in [2.05, 4.69) is 27.0 Å². The second-order valence-corrected chi connectivity index (χ2v) is 8.56. The van der Waals surface area contributed by atoms with Gasteiger partial charge >= 0.3 is 0 Å². The third-order valence-corrected chi connectivity index (χ3v) is 6.46. The van der Waals surface area contributed by atoms with Crippen molar-refractivity contribution in [3.05, 3.63) is 23.0 Å². The monoisotopic (exact) mass is 378 g/mol. The number of aromatic nitrogens is 3. The van der Waals surface area contributed by atoms with Crippen molar-refractivity contribution in [1.82, 2.24) is 14.8 Å². The van der Waals surface area contributed by atoms with Crippen LogP contribution in [0.25, 0.3) is 0 Å². The number of nitrogens with one attached hydrogen (secondary N) is 1. The SMILES string of the molecule is CC(=O)Nc1nnc(SCC(=O)c2cc(C)n(C3CCCC3)c2C)s1. The average Bonchev–Trinajstić information content (AvgIpc) is 3.26. The van der Waals surface area contributed by atoms with Crippen LogP contribution in [0.5, 0.6) is 0 Å². The molecule has 2 aromatic heterocycles. The number of carbonyl (C=O) groups excluding carboxylic acids is 2. The lowest BCUT2D eigenvalue weighted by atomic mass is 10.2. The van der Waals surface area contributed by atoms with Crippen LogP contribution in [0.4, 0.5) is 5.13 Å². The maximum absolute atomic E-state index is 12.7. The summed E-state index contributed by atoms with van der Waals surface area (Å²) in [5, 5.41) is 11.0. The molecule has 0 spiro atoms. The predicted octanol–water partition coefficient (Wildman–Crippen LogP) is 4.00. The Morgan fingerprint density at radius 1 is 1.32 bits per heavy atom. The zero-order chi connectivity index (χ0) is 18.0. The average molecular weight is 379 g/mol. The number of thioether (sulfide) groups is 1. The Morgan fingerprint density at radius 3 is 2.72 bits per heavy atom. The zero-order valence-corrected chi connectivity index (χ0v) is 16.3. The van der Waals surface area contributed by atoms with Gasteiger partial charge in [-0.1, -0.05) is 35.9 Å². The van der Waals surface area contributed by atoms with E-state index in [0.717, 1.165) is 11.3 Å². The summed E-state index contributed by atoms with van der Waals surface area (Å²) in [6, 6.07) is 2.55. The Balaban J connectivity index is 1.66. The van der Waals surface area contributed by atoms with Crippen LogP contribution < -0.4 is 5.32 Å². The van der Waals surface area contributed by atoms with E-state index in [-0.39, 0.29) is 11.7 Å². The highest BCUT2D eigenvalue weighted by molar-refractivity contribution is 8.01. The molecular formula is C17H22N4O2S2. The first-order valence-electron chi connectivity index (χ1n) is 8.41. The molecule has 6 nitrogen and oxygen atoms in total. The Kier molecular flexibility index (Phi) is 5.58. The summed E-state index contributed by atoms with van der Waals surface area (Å²) in [5.74, 6) is 0.255. The molecule has 1 N–H and O–H groups in total. The summed E-state index contributed by atoms with van der Waals surface area (Å²) in [5.41, 5.74) is 3.05. The molecule has 25 heavy (non-hydrogen) atoms. The van der Waals surface area contributed by atoms with Crippen molar-refractivity contribution in [3.8, 4) is 0 Å². The lowest BCUT2D eigenvalue weighted by molar-refractivity contribution is -0.114. The second kappa shape index (κ2) is 7.70. The summed E-state index contributed by atoms with van der Waals surface area (Å²) < 4.78 is 3.02. The molecule has 1 amide bonds. The molecule has 134 valence electrons. The number of Topliss-reactive ketones (excluding diaryl/α,β-unsaturated/α-hetero) is 1. The van der Waals surface area contributed by atoms with E-state index in [4.69, 9.17) is 0 Å². The van der Waals surface area contributed by atoms with Gasteiger partial charge in [0.15, 0.2) is 10.1 Å². The van der Waals surface area contributed by atoms with Gasteiger partial charge in [-0.25, -0.2) is 0 Å². The highest BCUT2D eigenvalue weighted by Crippen LogP contribution is 2.34. The summed E-state index contributed by atoms with van der Waals surface area (Å²) in [6.07, 6.45) is 4.95. The molecule has 1 saturated carbocycles. The summed E-state index contributed by atoms with van der Waals surface area (Å²) in [6.45, 7) is 5.56. The number of carbonyl (C=O) groups is 2. The Bertz CT molecular complexity index is 791. The fraction of sp³-hybridized carbons (Fsp3) is 0.529. The van der Waals surface area contributed by atoms with Crippen molar-refractivity contribution in [2.45, 2.75) is 56.8 Å². The molecule has 2 aromatic rings. The minimum Gasteiger partial charge on any atom is -0.345 e. The number of amides is 1. The molecular weight excluding hydrogens is 356 g/mol. The molecule has 0 unspecified atom stereocenters. The van der Waals surface area contributed by atoms with Crippen molar-refractivity contribution in [1.29, 1.82) is 0 Å². The molecule has 1 fully saturated rings.